The molecule has 3 nitrogen and oxygen atoms in total. The van der Waals surface area contributed by atoms with Gasteiger partial charge in [0.05, 0.1) is 11.3 Å². The zero-order valence-corrected chi connectivity index (χ0v) is 11.3. The molecule has 20 heavy (non-hydrogen) atoms. The molecule has 1 aromatic rings. The predicted molar refractivity (Wildman–Crippen MR) is 73.2 cm³/mol. The molecule has 5 unspecified atom stereocenters. The van der Waals surface area contributed by atoms with Gasteiger partial charge < -0.3 is 10.5 Å². The molecule has 4 saturated carbocycles. The van der Waals surface area contributed by atoms with E-state index < -0.39 is 5.60 Å². The summed E-state index contributed by atoms with van der Waals surface area (Å²) < 4.78 is 14.0. The topological polar surface area (TPSA) is 44.3 Å². The Hall–Kier alpha value is -1.13. The first kappa shape index (κ1) is 11.5. The maximum Gasteiger partial charge on any atom is 0.125 e. The van der Waals surface area contributed by atoms with Crippen molar-refractivity contribution >= 4 is 5.69 Å². The summed E-state index contributed by atoms with van der Waals surface area (Å²) in [6.45, 7) is 0.667. The van der Waals surface area contributed by atoms with Crippen LogP contribution in [0, 0.1) is 29.5 Å². The number of anilines is 1. The molecule has 6 rings (SSSR count). The molecule has 1 aromatic carbocycles. The fourth-order valence-electron chi connectivity index (χ4n) is 5.70. The van der Waals surface area contributed by atoms with Crippen LogP contribution >= 0.6 is 0 Å². The van der Waals surface area contributed by atoms with E-state index in [1.165, 1.54) is 12.5 Å². The standard InChI is InChI=1S/C16H19FN2O/c17-11-5-14(12-7-18-19-15(12)6-11)16(20)10-2-8-1-9(4-10)13(16)3-8/h5-6,8-10,13,18-20H,1-4,7H2. The van der Waals surface area contributed by atoms with E-state index >= 15 is 0 Å². The molecular weight excluding hydrogens is 255 g/mol. The first-order valence-electron chi connectivity index (χ1n) is 7.70. The molecule has 106 valence electrons. The van der Waals surface area contributed by atoms with Crippen molar-refractivity contribution in [1.29, 1.82) is 0 Å². The summed E-state index contributed by atoms with van der Waals surface area (Å²) in [5.41, 5.74) is 7.98. The smallest absolute Gasteiger partial charge is 0.125 e. The third-order valence-electron chi connectivity index (χ3n) is 6.32. The second-order valence-corrected chi connectivity index (χ2v) is 7.16. The SMILES string of the molecule is OC1(c2cc(F)cc3c2CNN3)C2CC3CC(C2)C1C3. The van der Waals surface area contributed by atoms with Gasteiger partial charge in [0.15, 0.2) is 0 Å². The Morgan fingerprint density at radius 1 is 1.20 bits per heavy atom. The summed E-state index contributed by atoms with van der Waals surface area (Å²) in [5, 5.41) is 11.5. The molecule has 0 saturated heterocycles. The van der Waals surface area contributed by atoms with Crippen LogP contribution in [0.2, 0.25) is 0 Å². The molecule has 1 aliphatic heterocycles. The van der Waals surface area contributed by atoms with Crippen molar-refractivity contribution in [3.8, 4) is 0 Å². The number of nitrogens with one attached hydrogen (secondary N) is 2. The van der Waals surface area contributed by atoms with Gasteiger partial charge >= 0.3 is 0 Å². The van der Waals surface area contributed by atoms with E-state index in [1.807, 2.05) is 0 Å². The van der Waals surface area contributed by atoms with E-state index in [2.05, 4.69) is 10.9 Å². The lowest BCUT2D eigenvalue weighted by Gasteiger charge is -2.41. The molecule has 3 N–H and O–H groups in total. The Labute approximate surface area is 117 Å². The number of aliphatic hydroxyl groups is 1. The largest absolute Gasteiger partial charge is 0.385 e. The van der Waals surface area contributed by atoms with Gasteiger partial charge in [0, 0.05) is 6.54 Å². The molecule has 0 aromatic heterocycles. The normalized spacial score (nSPS) is 43.9. The highest BCUT2D eigenvalue weighted by atomic mass is 19.1. The van der Waals surface area contributed by atoms with Crippen molar-refractivity contribution in [2.45, 2.75) is 37.8 Å². The molecule has 4 bridgehead atoms. The quantitative estimate of drug-likeness (QED) is 0.737. The fraction of sp³-hybridized carbons (Fsp3) is 0.625. The second kappa shape index (κ2) is 3.55. The number of fused-ring (bicyclic) bond motifs is 1. The highest BCUT2D eigenvalue weighted by Crippen LogP contribution is 2.66. The zero-order chi connectivity index (χ0) is 13.5. The predicted octanol–water partition coefficient (Wildman–Crippen LogP) is 2.51. The molecule has 4 fully saturated rings. The zero-order valence-electron chi connectivity index (χ0n) is 11.3. The number of hydrogen-bond donors (Lipinski definition) is 3. The van der Waals surface area contributed by atoms with Crippen LogP contribution in [0.5, 0.6) is 0 Å². The van der Waals surface area contributed by atoms with Crippen molar-refractivity contribution in [3.05, 3.63) is 29.1 Å². The lowest BCUT2D eigenvalue weighted by atomic mass is 9.68. The minimum atomic E-state index is -0.794. The van der Waals surface area contributed by atoms with E-state index in [9.17, 15) is 9.50 Å². The van der Waals surface area contributed by atoms with Gasteiger partial charge in [-0.05, 0) is 72.6 Å². The van der Waals surface area contributed by atoms with Gasteiger partial charge in [-0.25, -0.2) is 9.82 Å². The lowest BCUT2D eigenvalue weighted by Crippen LogP contribution is -2.41. The number of halogens is 1. The van der Waals surface area contributed by atoms with E-state index in [-0.39, 0.29) is 5.82 Å². The van der Waals surface area contributed by atoms with E-state index in [1.54, 1.807) is 6.07 Å². The average molecular weight is 274 g/mol. The van der Waals surface area contributed by atoms with Crippen LogP contribution in [-0.2, 0) is 12.1 Å². The van der Waals surface area contributed by atoms with Crippen LogP contribution in [0.1, 0.15) is 36.8 Å². The third kappa shape index (κ3) is 1.23. The number of hydrogen-bond acceptors (Lipinski definition) is 3. The number of hydrazine groups is 1. The van der Waals surface area contributed by atoms with Crippen molar-refractivity contribution in [2.75, 3.05) is 5.43 Å². The Morgan fingerprint density at radius 3 is 2.95 bits per heavy atom. The van der Waals surface area contributed by atoms with Gasteiger partial charge in [-0.1, -0.05) is 0 Å². The highest BCUT2D eigenvalue weighted by Gasteiger charge is 2.63. The van der Waals surface area contributed by atoms with Crippen molar-refractivity contribution in [3.63, 3.8) is 0 Å². The van der Waals surface area contributed by atoms with Gasteiger partial charge in [-0.2, -0.15) is 0 Å². The number of benzene rings is 1. The maximum atomic E-state index is 14.0. The Bertz CT molecular complexity index is 600. The minimum absolute atomic E-state index is 0.249. The van der Waals surface area contributed by atoms with Crippen molar-refractivity contribution in [1.82, 2.24) is 5.43 Å². The summed E-state index contributed by atoms with van der Waals surface area (Å²) in [7, 11) is 0. The molecule has 5 atom stereocenters. The second-order valence-electron chi connectivity index (χ2n) is 7.16. The van der Waals surface area contributed by atoms with E-state index in [0.29, 0.717) is 24.3 Å². The first-order chi connectivity index (χ1) is 9.66. The molecule has 4 heteroatoms. The van der Waals surface area contributed by atoms with Crippen LogP contribution < -0.4 is 10.9 Å². The van der Waals surface area contributed by atoms with Crippen molar-refractivity contribution in [2.24, 2.45) is 23.7 Å². The molecule has 0 amide bonds. The van der Waals surface area contributed by atoms with Crippen molar-refractivity contribution < 1.29 is 9.50 Å². The first-order valence-corrected chi connectivity index (χ1v) is 7.70. The third-order valence-corrected chi connectivity index (χ3v) is 6.32. The van der Waals surface area contributed by atoms with Crippen LogP contribution in [0.4, 0.5) is 10.1 Å². The van der Waals surface area contributed by atoms with Crippen LogP contribution in [0.25, 0.3) is 0 Å². The van der Waals surface area contributed by atoms with Gasteiger partial charge in [0.2, 0.25) is 0 Å². The maximum absolute atomic E-state index is 14.0. The Morgan fingerprint density at radius 2 is 2.10 bits per heavy atom. The van der Waals surface area contributed by atoms with Gasteiger partial charge in [0.25, 0.3) is 0 Å². The molecular formula is C16H19FN2O. The summed E-state index contributed by atoms with van der Waals surface area (Å²) in [4.78, 5) is 0. The summed E-state index contributed by atoms with van der Waals surface area (Å²) in [5.74, 6) is 1.89. The molecule has 0 spiro atoms. The number of rotatable bonds is 1. The van der Waals surface area contributed by atoms with Crippen LogP contribution in [-0.4, -0.2) is 5.11 Å². The lowest BCUT2D eigenvalue weighted by molar-refractivity contribution is -0.0704. The molecule has 0 radical (unpaired) electrons. The Balaban J connectivity index is 1.70. The fourth-order valence-corrected chi connectivity index (χ4v) is 5.70. The minimum Gasteiger partial charge on any atom is -0.385 e. The molecule has 4 aliphatic carbocycles. The average Bonchev–Trinajstić information content (AvgIpc) is 3.04. The summed E-state index contributed by atoms with van der Waals surface area (Å²) in [6, 6.07) is 3.11. The Kier molecular flexibility index (Phi) is 2.04. The highest BCUT2D eigenvalue weighted by molar-refractivity contribution is 5.59. The van der Waals surface area contributed by atoms with E-state index in [4.69, 9.17) is 0 Å². The van der Waals surface area contributed by atoms with Gasteiger partial charge in [-0.3, -0.25) is 0 Å². The van der Waals surface area contributed by atoms with Crippen LogP contribution in [0.15, 0.2) is 12.1 Å². The van der Waals surface area contributed by atoms with E-state index in [0.717, 1.165) is 42.0 Å². The summed E-state index contributed by atoms with van der Waals surface area (Å²) >= 11 is 0. The molecule has 1 heterocycles. The monoisotopic (exact) mass is 274 g/mol. The van der Waals surface area contributed by atoms with Crippen LogP contribution in [0.3, 0.4) is 0 Å². The van der Waals surface area contributed by atoms with Gasteiger partial charge in [-0.15, -0.1) is 0 Å². The molecule has 5 aliphatic rings. The van der Waals surface area contributed by atoms with Gasteiger partial charge in [0.1, 0.15) is 5.82 Å². The summed E-state index contributed by atoms with van der Waals surface area (Å²) in [6.07, 6.45) is 4.65.